The molecule has 2 aromatic heterocycles. The molecule has 1 aliphatic heterocycles. The molecule has 2 atom stereocenters. The number of aliphatic hydroxyl groups is 1. The van der Waals surface area contributed by atoms with Gasteiger partial charge in [0.25, 0.3) is 5.91 Å². The van der Waals surface area contributed by atoms with Gasteiger partial charge in [0.2, 0.25) is 5.89 Å². The van der Waals surface area contributed by atoms with Gasteiger partial charge in [-0.3, -0.25) is 4.79 Å². The summed E-state index contributed by atoms with van der Waals surface area (Å²) in [6.45, 7) is 8.06. The SMILES string of the molecule is Cc1noc([C@H]2C[C@H](O)CN2C(=O)c2scnc2C(C)(C)C)n1. The van der Waals surface area contributed by atoms with Gasteiger partial charge in [0.15, 0.2) is 5.82 Å². The van der Waals surface area contributed by atoms with E-state index < -0.39 is 12.1 Å². The molecule has 0 unspecified atom stereocenters. The van der Waals surface area contributed by atoms with Crippen molar-refractivity contribution in [3.63, 3.8) is 0 Å². The van der Waals surface area contributed by atoms with Crippen molar-refractivity contribution in [1.29, 1.82) is 0 Å². The lowest BCUT2D eigenvalue weighted by Gasteiger charge is -2.23. The highest BCUT2D eigenvalue weighted by Crippen LogP contribution is 2.35. The molecular weight excluding hydrogens is 316 g/mol. The monoisotopic (exact) mass is 336 g/mol. The minimum absolute atomic E-state index is 0.144. The van der Waals surface area contributed by atoms with Crippen LogP contribution in [0.5, 0.6) is 0 Å². The molecule has 124 valence electrons. The minimum Gasteiger partial charge on any atom is -0.391 e. The lowest BCUT2D eigenvalue weighted by Crippen LogP contribution is -2.33. The van der Waals surface area contributed by atoms with E-state index in [0.29, 0.717) is 23.0 Å². The fraction of sp³-hybridized carbons (Fsp3) is 0.600. The molecule has 1 amide bonds. The Bertz CT molecular complexity index is 718. The lowest BCUT2D eigenvalue weighted by molar-refractivity contribution is 0.0695. The molecule has 0 saturated carbocycles. The minimum atomic E-state index is -0.595. The molecule has 1 aliphatic rings. The number of aromatic nitrogens is 3. The first-order chi connectivity index (χ1) is 10.8. The summed E-state index contributed by atoms with van der Waals surface area (Å²) in [4.78, 5) is 23.8. The van der Waals surface area contributed by atoms with Crippen LogP contribution in [-0.2, 0) is 5.41 Å². The number of thiazole rings is 1. The highest BCUT2D eigenvalue weighted by molar-refractivity contribution is 7.11. The maximum atomic E-state index is 13.0. The third-order valence-corrected chi connectivity index (χ3v) is 4.65. The van der Waals surface area contributed by atoms with Gasteiger partial charge in [-0.1, -0.05) is 25.9 Å². The average Bonchev–Trinajstić information content (AvgIpc) is 3.15. The van der Waals surface area contributed by atoms with Gasteiger partial charge < -0.3 is 14.5 Å². The Balaban J connectivity index is 1.93. The van der Waals surface area contributed by atoms with E-state index >= 15 is 0 Å². The Labute approximate surface area is 138 Å². The molecule has 8 heteroatoms. The normalized spacial score (nSPS) is 21.9. The summed E-state index contributed by atoms with van der Waals surface area (Å²) in [5, 5.41) is 13.8. The van der Waals surface area contributed by atoms with Crippen LogP contribution in [0, 0.1) is 6.92 Å². The van der Waals surface area contributed by atoms with Gasteiger partial charge in [0, 0.05) is 18.4 Å². The molecule has 3 heterocycles. The Kier molecular flexibility index (Phi) is 3.97. The van der Waals surface area contributed by atoms with Crippen molar-refractivity contribution in [1.82, 2.24) is 20.0 Å². The Morgan fingerprint density at radius 1 is 1.48 bits per heavy atom. The van der Waals surface area contributed by atoms with Crippen LogP contribution in [0.15, 0.2) is 10.0 Å². The lowest BCUT2D eigenvalue weighted by atomic mass is 9.91. The number of aryl methyl sites for hydroxylation is 1. The molecule has 1 N–H and O–H groups in total. The maximum Gasteiger partial charge on any atom is 0.266 e. The Morgan fingerprint density at radius 2 is 2.22 bits per heavy atom. The molecule has 0 spiro atoms. The maximum absolute atomic E-state index is 13.0. The molecule has 0 bridgehead atoms. The molecule has 0 aliphatic carbocycles. The molecule has 23 heavy (non-hydrogen) atoms. The van der Waals surface area contributed by atoms with Crippen molar-refractivity contribution in [3.05, 3.63) is 27.8 Å². The number of aliphatic hydroxyl groups excluding tert-OH is 1. The number of amides is 1. The van der Waals surface area contributed by atoms with E-state index in [0.717, 1.165) is 5.69 Å². The van der Waals surface area contributed by atoms with Crippen molar-refractivity contribution in [2.24, 2.45) is 0 Å². The Hall–Kier alpha value is -1.80. The predicted molar refractivity (Wildman–Crippen MR) is 84.3 cm³/mol. The van der Waals surface area contributed by atoms with E-state index in [4.69, 9.17) is 4.52 Å². The molecule has 1 saturated heterocycles. The summed E-state index contributed by atoms with van der Waals surface area (Å²) >= 11 is 1.32. The summed E-state index contributed by atoms with van der Waals surface area (Å²) in [6.07, 6.45) is -0.195. The molecule has 3 rings (SSSR count). The van der Waals surface area contributed by atoms with Crippen molar-refractivity contribution >= 4 is 17.2 Å². The fourth-order valence-corrected chi connectivity index (χ4v) is 3.74. The van der Waals surface area contributed by atoms with Crippen LogP contribution in [0.25, 0.3) is 0 Å². The molecule has 7 nitrogen and oxygen atoms in total. The number of hydrogen-bond donors (Lipinski definition) is 1. The zero-order valence-corrected chi connectivity index (χ0v) is 14.4. The third kappa shape index (κ3) is 3.00. The largest absolute Gasteiger partial charge is 0.391 e. The second-order valence-corrected chi connectivity index (χ2v) is 7.68. The van der Waals surface area contributed by atoms with Crippen molar-refractivity contribution in [3.8, 4) is 0 Å². The first-order valence-corrected chi connectivity index (χ1v) is 8.38. The number of carbonyl (C=O) groups is 1. The second kappa shape index (κ2) is 5.68. The Morgan fingerprint density at radius 3 is 2.83 bits per heavy atom. The number of β-amino-alcohol motifs (C(OH)–C–C–N with tert-alkyl or cyclic N) is 1. The predicted octanol–water partition coefficient (Wildman–Crippen LogP) is 2.08. The van der Waals surface area contributed by atoms with E-state index in [1.54, 1.807) is 17.3 Å². The van der Waals surface area contributed by atoms with E-state index in [-0.39, 0.29) is 17.9 Å². The highest BCUT2D eigenvalue weighted by Gasteiger charge is 2.40. The number of hydrogen-bond acceptors (Lipinski definition) is 7. The van der Waals surface area contributed by atoms with Gasteiger partial charge in [-0.15, -0.1) is 11.3 Å². The van der Waals surface area contributed by atoms with E-state index in [1.165, 1.54) is 11.3 Å². The smallest absolute Gasteiger partial charge is 0.266 e. The number of likely N-dealkylation sites (tertiary alicyclic amines) is 1. The summed E-state index contributed by atoms with van der Waals surface area (Å²) in [6, 6.07) is -0.395. The van der Waals surface area contributed by atoms with Gasteiger partial charge in [0.05, 0.1) is 17.3 Å². The molecule has 0 radical (unpaired) electrons. The van der Waals surface area contributed by atoms with E-state index in [1.807, 2.05) is 20.8 Å². The highest BCUT2D eigenvalue weighted by atomic mass is 32.1. The fourth-order valence-electron chi connectivity index (χ4n) is 2.78. The molecular formula is C15H20N4O3S. The van der Waals surface area contributed by atoms with Gasteiger partial charge in [-0.25, -0.2) is 4.98 Å². The number of carbonyl (C=O) groups excluding carboxylic acids is 1. The van der Waals surface area contributed by atoms with E-state index in [9.17, 15) is 9.90 Å². The van der Waals surface area contributed by atoms with Crippen molar-refractivity contribution in [2.75, 3.05) is 6.54 Å². The van der Waals surface area contributed by atoms with Crippen LogP contribution in [0.3, 0.4) is 0 Å². The van der Waals surface area contributed by atoms with Crippen LogP contribution >= 0.6 is 11.3 Å². The van der Waals surface area contributed by atoms with Crippen molar-refractivity contribution < 1.29 is 14.4 Å². The van der Waals surface area contributed by atoms with Crippen LogP contribution in [0.2, 0.25) is 0 Å². The molecule has 1 fully saturated rings. The zero-order valence-electron chi connectivity index (χ0n) is 13.6. The number of rotatable bonds is 2. The summed E-state index contributed by atoms with van der Waals surface area (Å²) < 4.78 is 5.21. The van der Waals surface area contributed by atoms with Gasteiger partial charge in [-0.2, -0.15) is 4.98 Å². The summed E-state index contributed by atoms with van der Waals surface area (Å²) in [5.41, 5.74) is 2.24. The van der Waals surface area contributed by atoms with E-state index in [2.05, 4.69) is 15.1 Å². The number of nitrogens with zero attached hydrogens (tertiary/aromatic N) is 4. The van der Waals surface area contributed by atoms with Crippen LogP contribution in [0.1, 0.15) is 60.3 Å². The van der Waals surface area contributed by atoms with Gasteiger partial charge >= 0.3 is 0 Å². The molecule has 2 aromatic rings. The van der Waals surface area contributed by atoms with Crippen LogP contribution < -0.4 is 0 Å². The second-order valence-electron chi connectivity index (χ2n) is 6.82. The van der Waals surface area contributed by atoms with Gasteiger partial charge in [0.1, 0.15) is 10.9 Å². The summed E-state index contributed by atoms with van der Waals surface area (Å²) in [7, 11) is 0. The standard InChI is InChI=1S/C15H20N4O3S/c1-8-17-13(22-18-8)10-5-9(20)6-19(10)14(21)11-12(15(2,3)4)16-7-23-11/h7,9-10,20H,5-6H2,1-4H3/t9-,10+/m0/s1. The topological polar surface area (TPSA) is 92.4 Å². The van der Waals surface area contributed by atoms with Crippen LogP contribution in [-0.4, -0.2) is 43.7 Å². The zero-order chi connectivity index (χ0) is 16.8. The van der Waals surface area contributed by atoms with Crippen LogP contribution in [0.4, 0.5) is 0 Å². The third-order valence-electron chi connectivity index (χ3n) is 3.84. The first kappa shape index (κ1) is 16.1. The quantitative estimate of drug-likeness (QED) is 0.902. The molecule has 0 aromatic carbocycles. The average molecular weight is 336 g/mol. The first-order valence-electron chi connectivity index (χ1n) is 7.50. The van der Waals surface area contributed by atoms with Gasteiger partial charge in [-0.05, 0) is 6.92 Å². The van der Waals surface area contributed by atoms with Crippen molar-refractivity contribution in [2.45, 2.75) is 51.7 Å². The summed E-state index contributed by atoms with van der Waals surface area (Å²) in [5.74, 6) is 0.742.